The SMILES string of the molecule is CC1=CC=C(N)CC1=S. The molecule has 1 aliphatic rings. The average Bonchev–Trinajstić information content (AvgIpc) is 1.80. The van der Waals surface area contributed by atoms with Gasteiger partial charge in [-0.05, 0) is 18.6 Å². The molecule has 0 fully saturated rings. The van der Waals surface area contributed by atoms with Crippen LogP contribution in [-0.2, 0) is 0 Å². The smallest absolute Gasteiger partial charge is 0.0239 e. The minimum absolute atomic E-state index is 0.762. The lowest BCUT2D eigenvalue weighted by Crippen LogP contribution is -2.08. The molecule has 48 valence electrons. The number of hydrogen-bond acceptors (Lipinski definition) is 2. The van der Waals surface area contributed by atoms with E-state index in [9.17, 15) is 0 Å². The number of thiocarbonyl (C=S) groups is 1. The number of nitrogens with two attached hydrogens (primary N) is 1. The molecule has 2 N–H and O–H groups in total. The van der Waals surface area contributed by atoms with E-state index in [4.69, 9.17) is 18.0 Å². The van der Waals surface area contributed by atoms with Gasteiger partial charge in [-0.2, -0.15) is 0 Å². The van der Waals surface area contributed by atoms with Crippen molar-refractivity contribution in [2.24, 2.45) is 5.73 Å². The summed E-state index contributed by atoms with van der Waals surface area (Å²) in [5.41, 5.74) is 7.55. The number of rotatable bonds is 0. The zero-order valence-corrected chi connectivity index (χ0v) is 6.16. The molecule has 1 rings (SSSR count). The highest BCUT2D eigenvalue weighted by atomic mass is 32.1. The van der Waals surface area contributed by atoms with E-state index in [0.717, 1.165) is 17.0 Å². The minimum Gasteiger partial charge on any atom is -0.402 e. The third kappa shape index (κ3) is 1.39. The summed E-state index contributed by atoms with van der Waals surface area (Å²) in [5.74, 6) is 0. The maximum Gasteiger partial charge on any atom is 0.0239 e. The molecular weight excluding hydrogens is 130 g/mol. The molecule has 1 nitrogen and oxygen atoms in total. The van der Waals surface area contributed by atoms with Gasteiger partial charge in [0.25, 0.3) is 0 Å². The van der Waals surface area contributed by atoms with E-state index >= 15 is 0 Å². The van der Waals surface area contributed by atoms with Crippen LogP contribution in [0.5, 0.6) is 0 Å². The predicted octanol–water partition coefficient (Wildman–Crippen LogP) is 1.55. The van der Waals surface area contributed by atoms with E-state index in [-0.39, 0.29) is 0 Å². The Labute approximate surface area is 60.2 Å². The molecular formula is C7H9NS. The average molecular weight is 139 g/mol. The number of allylic oxidation sites excluding steroid dienone is 4. The lowest BCUT2D eigenvalue weighted by atomic mass is 10.0. The lowest BCUT2D eigenvalue weighted by molar-refractivity contribution is 1.20. The topological polar surface area (TPSA) is 26.0 Å². The fourth-order valence-corrected chi connectivity index (χ4v) is 0.943. The maximum absolute atomic E-state index is 5.52. The Bertz CT molecular complexity index is 201. The van der Waals surface area contributed by atoms with Gasteiger partial charge in [-0.25, -0.2) is 0 Å². The van der Waals surface area contributed by atoms with Gasteiger partial charge >= 0.3 is 0 Å². The van der Waals surface area contributed by atoms with Crippen molar-refractivity contribution < 1.29 is 0 Å². The summed E-state index contributed by atoms with van der Waals surface area (Å²) in [5, 5.41) is 0. The molecule has 0 aromatic carbocycles. The van der Waals surface area contributed by atoms with Gasteiger partial charge in [0.1, 0.15) is 0 Å². The Kier molecular flexibility index (Phi) is 1.67. The van der Waals surface area contributed by atoms with Crippen LogP contribution >= 0.6 is 12.2 Å². The summed E-state index contributed by atoms with van der Waals surface area (Å²) in [6, 6.07) is 0. The third-order valence-electron chi connectivity index (χ3n) is 1.35. The van der Waals surface area contributed by atoms with E-state index in [0.29, 0.717) is 0 Å². The standard InChI is InChI=1S/C7H9NS/c1-5-2-3-6(8)4-7(5)9/h2-3H,4,8H2,1H3. The molecule has 2 heteroatoms. The summed E-state index contributed by atoms with van der Waals surface area (Å²) in [6.07, 6.45) is 4.63. The van der Waals surface area contributed by atoms with Crippen LogP contribution in [-0.4, -0.2) is 4.86 Å². The Morgan fingerprint density at radius 1 is 1.56 bits per heavy atom. The molecule has 1 aliphatic carbocycles. The van der Waals surface area contributed by atoms with Crippen molar-refractivity contribution in [1.82, 2.24) is 0 Å². The summed E-state index contributed by atoms with van der Waals surface area (Å²) < 4.78 is 0. The Morgan fingerprint density at radius 3 is 2.67 bits per heavy atom. The van der Waals surface area contributed by atoms with Crippen molar-refractivity contribution in [3.63, 3.8) is 0 Å². The first kappa shape index (κ1) is 6.49. The molecule has 0 heterocycles. The van der Waals surface area contributed by atoms with Crippen molar-refractivity contribution in [1.29, 1.82) is 0 Å². The normalized spacial score (nSPS) is 19.0. The van der Waals surface area contributed by atoms with Crippen molar-refractivity contribution in [2.75, 3.05) is 0 Å². The van der Waals surface area contributed by atoms with Crippen LogP contribution < -0.4 is 5.73 Å². The highest BCUT2D eigenvalue weighted by molar-refractivity contribution is 7.80. The lowest BCUT2D eigenvalue weighted by Gasteiger charge is -2.07. The molecule has 0 radical (unpaired) electrons. The van der Waals surface area contributed by atoms with Gasteiger partial charge in [0.05, 0.1) is 0 Å². The minimum atomic E-state index is 0.762. The predicted molar refractivity (Wildman–Crippen MR) is 43.2 cm³/mol. The maximum atomic E-state index is 5.52. The summed E-state index contributed by atoms with van der Waals surface area (Å²) >= 11 is 5.02. The molecule has 0 aromatic rings. The van der Waals surface area contributed by atoms with Crippen molar-refractivity contribution in [3.8, 4) is 0 Å². The van der Waals surface area contributed by atoms with Crippen LogP contribution in [0.25, 0.3) is 0 Å². The summed E-state index contributed by atoms with van der Waals surface area (Å²) in [7, 11) is 0. The van der Waals surface area contributed by atoms with Gasteiger partial charge < -0.3 is 5.73 Å². The van der Waals surface area contributed by atoms with Gasteiger partial charge in [-0.3, -0.25) is 0 Å². The summed E-state index contributed by atoms with van der Waals surface area (Å²) in [4.78, 5) is 0.968. The van der Waals surface area contributed by atoms with Crippen molar-refractivity contribution in [2.45, 2.75) is 13.3 Å². The van der Waals surface area contributed by atoms with Crippen molar-refractivity contribution >= 4 is 17.1 Å². The Hall–Kier alpha value is -0.630. The van der Waals surface area contributed by atoms with Gasteiger partial charge in [-0.15, -0.1) is 0 Å². The van der Waals surface area contributed by atoms with Gasteiger partial charge in [0.15, 0.2) is 0 Å². The van der Waals surface area contributed by atoms with E-state index in [1.54, 1.807) is 0 Å². The quantitative estimate of drug-likeness (QED) is 0.515. The largest absolute Gasteiger partial charge is 0.402 e. The van der Waals surface area contributed by atoms with Gasteiger partial charge in [0.2, 0.25) is 0 Å². The van der Waals surface area contributed by atoms with E-state index in [1.807, 2.05) is 19.1 Å². The molecule has 0 aliphatic heterocycles. The van der Waals surface area contributed by atoms with E-state index in [1.165, 1.54) is 5.57 Å². The van der Waals surface area contributed by atoms with Crippen LogP contribution in [0.2, 0.25) is 0 Å². The first-order valence-corrected chi connectivity index (χ1v) is 3.27. The second-order valence-electron chi connectivity index (χ2n) is 2.19. The summed E-state index contributed by atoms with van der Waals surface area (Å²) in [6.45, 7) is 2.01. The third-order valence-corrected chi connectivity index (χ3v) is 1.82. The molecule has 0 amide bonds. The molecule has 0 unspecified atom stereocenters. The molecule has 0 spiro atoms. The second kappa shape index (κ2) is 2.31. The Morgan fingerprint density at radius 2 is 2.22 bits per heavy atom. The van der Waals surface area contributed by atoms with E-state index in [2.05, 4.69) is 0 Å². The van der Waals surface area contributed by atoms with E-state index < -0.39 is 0 Å². The highest BCUT2D eigenvalue weighted by Crippen LogP contribution is 2.11. The first-order valence-electron chi connectivity index (χ1n) is 2.86. The van der Waals surface area contributed by atoms with Gasteiger partial charge in [-0.1, -0.05) is 18.3 Å². The van der Waals surface area contributed by atoms with Crippen LogP contribution in [0.1, 0.15) is 13.3 Å². The molecule has 0 bridgehead atoms. The molecule has 0 atom stereocenters. The molecule has 9 heavy (non-hydrogen) atoms. The molecule has 0 saturated heterocycles. The highest BCUT2D eigenvalue weighted by Gasteiger charge is 2.04. The fourth-order valence-electron chi connectivity index (χ4n) is 0.709. The van der Waals surface area contributed by atoms with Crippen LogP contribution in [0.3, 0.4) is 0 Å². The fraction of sp³-hybridized carbons (Fsp3) is 0.286. The van der Waals surface area contributed by atoms with Crippen LogP contribution in [0.4, 0.5) is 0 Å². The van der Waals surface area contributed by atoms with Crippen molar-refractivity contribution in [3.05, 3.63) is 23.4 Å². The number of hydrogen-bond donors (Lipinski definition) is 1. The second-order valence-corrected chi connectivity index (χ2v) is 2.68. The van der Waals surface area contributed by atoms with Crippen LogP contribution in [0.15, 0.2) is 23.4 Å². The molecule has 0 aromatic heterocycles. The van der Waals surface area contributed by atoms with Crippen LogP contribution in [0, 0.1) is 0 Å². The first-order chi connectivity index (χ1) is 4.20. The van der Waals surface area contributed by atoms with Gasteiger partial charge in [0, 0.05) is 17.0 Å². The monoisotopic (exact) mass is 139 g/mol. The Balaban J connectivity index is 2.86. The zero-order valence-electron chi connectivity index (χ0n) is 5.35. The zero-order chi connectivity index (χ0) is 6.85. The molecule has 0 saturated carbocycles.